The molecule has 0 heterocycles. The summed E-state index contributed by atoms with van der Waals surface area (Å²) in [6.07, 6.45) is 12.7. The molecule has 0 bridgehead atoms. The van der Waals surface area contributed by atoms with Gasteiger partial charge >= 0.3 is 11.9 Å². The lowest BCUT2D eigenvalue weighted by atomic mass is 10.1. The molecule has 6 heteroatoms. The lowest BCUT2D eigenvalue weighted by molar-refractivity contribution is -0.138. The minimum Gasteiger partial charge on any atom is -0.492 e. The van der Waals surface area contributed by atoms with Crippen molar-refractivity contribution in [2.24, 2.45) is 0 Å². The Morgan fingerprint density at radius 3 is 1.86 bits per heavy atom. The van der Waals surface area contributed by atoms with Crippen LogP contribution >= 0.6 is 11.8 Å². The fourth-order valence-corrected chi connectivity index (χ4v) is 4.08. The van der Waals surface area contributed by atoms with Gasteiger partial charge in [-0.2, -0.15) is 0 Å². The molecule has 0 amide bonds. The quantitative estimate of drug-likeness (QED) is 0.197. The van der Waals surface area contributed by atoms with Crippen LogP contribution in [0.25, 0.3) is 0 Å². The van der Waals surface area contributed by atoms with Crippen LogP contribution in [0.5, 0.6) is 5.75 Å². The molecule has 5 nitrogen and oxygen atoms in total. The minimum atomic E-state index is -0.785. The highest BCUT2D eigenvalue weighted by atomic mass is 32.2. The van der Waals surface area contributed by atoms with E-state index < -0.39 is 11.9 Å². The minimum absolute atomic E-state index is 0.139. The molecule has 1 rings (SSSR count). The SMILES string of the molecule is O=C(O)CCCCCCCCCCCCSc1ccccc1OCCCC(=O)O. The third-order valence-electron chi connectivity index (χ3n) is 4.68. The number of benzene rings is 1. The first-order valence-corrected chi connectivity index (χ1v) is 11.9. The number of para-hydroxylation sites is 1. The maximum atomic E-state index is 10.6. The Balaban J connectivity index is 1.99. The zero-order valence-electron chi connectivity index (χ0n) is 17.4. The molecule has 2 N–H and O–H groups in total. The normalized spacial score (nSPS) is 10.8. The molecular formula is C23H36O5S. The van der Waals surface area contributed by atoms with E-state index in [1.165, 1.54) is 44.9 Å². The molecule has 0 aliphatic carbocycles. The molecule has 0 saturated carbocycles. The number of hydrogen-bond acceptors (Lipinski definition) is 4. The second-order valence-corrected chi connectivity index (χ2v) is 8.46. The topological polar surface area (TPSA) is 83.8 Å². The highest BCUT2D eigenvalue weighted by Gasteiger charge is 2.04. The second kappa shape index (κ2) is 17.2. The monoisotopic (exact) mass is 424 g/mol. The second-order valence-electron chi connectivity index (χ2n) is 7.32. The van der Waals surface area contributed by atoms with Gasteiger partial charge in [-0.3, -0.25) is 9.59 Å². The number of aliphatic carboxylic acids is 2. The summed E-state index contributed by atoms with van der Waals surface area (Å²) >= 11 is 1.81. The van der Waals surface area contributed by atoms with Crippen molar-refractivity contribution in [3.8, 4) is 5.75 Å². The maximum absolute atomic E-state index is 10.6. The summed E-state index contributed by atoms with van der Waals surface area (Å²) < 4.78 is 5.74. The molecule has 0 unspecified atom stereocenters. The number of unbranched alkanes of at least 4 members (excludes halogenated alkanes) is 9. The van der Waals surface area contributed by atoms with Crippen molar-refractivity contribution >= 4 is 23.7 Å². The molecule has 0 fully saturated rings. The Morgan fingerprint density at radius 2 is 1.24 bits per heavy atom. The van der Waals surface area contributed by atoms with E-state index in [0.717, 1.165) is 35.7 Å². The predicted octanol–water partition coefficient (Wildman–Crippen LogP) is 6.40. The average Bonchev–Trinajstić information content (AvgIpc) is 2.69. The van der Waals surface area contributed by atoms with Gasteiger partial charge in [-0.25, -0.2) is 0 Å². The van der Waals surface area contributed by atoms with E-state index in [2.05, 4.69) is 6.07 Å². The van der Waals surface area contributed by atoms with Gasteiger partial charge in [0.25, 0.3) is 0 Å². The van der Waals surface area contributed by atoms with Crippen molar-refractivity contribution in [3.05, 3.63) is 24.3 Å². The molecule has 0 aliphatic heterocycles. The first kappa shape index (κ1) is 25.3. The molecule has 1 aromatic carbocycles. The van der Waals surface area contributed by atoms with Gasteiger partial charge in [0.15, 0.2) is 0 Å². The Hall–Kier alpha value is -1.69. The van der Waals surface area contributed by atoms with Crippen LogP contribution in [-0.4, -0.2) is 34.5 Å². The van der Waals surface area contributed by atoms with Gasteiger partial charge in [-0.15, -0.1) is 11.8 Å². The van der Waals surface area contributed by atoms with E-state index in [0.29, 0.717) is 19.4 Å². The lowest BCUT2D eigenvalue weighted by Crippen LogP contribution is -2.02. The molecule has 0 spiro atoms. The number of thioether (sulfide) groups is 1. The number of carboxylic acid groups (broad SMARTS) is 2. The molecule has 0 aromatic heterocycles. The zero-order valence-corrected chi connectivity index (χ0v) is 18.3. The van der Waals surface area contributed by atoms with E-state index in [4.69, 9.17) is 14.9 Å². The van der Waals surface area contributed by atoms with Crippen molar-refractivity contribution < 1.29 is 24.5 Å². The van der Waals surface area contributed by atoms with Gasteiger partial charge in [-0.1, -0.05) is 63.5 Å². The van der Waals surface area contributed by atoms with Gasteiger partial charge in [0.1, 0.15) is 5.75 Å². The van der Waals surface area contributed by atoms with Crippen molar-refractivity contribution in [1.82, 2.24) is 0 Å². The van der Waals surface area contributed by atoms with Crippen molar-refractivity contribution in [3.63, 3.8) is 0 Å². The van der Waals surface area contributed by atoms with Crippen LogP contribution in [0.3, 0.4) is 0 Å². The lowest BCUT2D eigenvalue weighted by Gasteiger charge is -2.10. The first-order chi connectivity index (χ1) is 14.1. The third-order valence-corrected chi connectivity index (χ3v) is 5.83. The van der Waals surface area contributed by atoms with Crippen LogP contribution in [0.4, 0.5) is 0 Å². The summed E-state index contributed by atoms with van der Waals surface area (Å²) in [5, 5.41) is 17.3. The number of carboxylic acids is 2. The van der Waals surface area contributed by atoms with Crippen molar-refractivity contribution in [1.29, 1.82) is 0 Å². The molecule has 164 valence electrons. The Labute approximate surface area is 179 Å². The van der Waals surface area contributed by atoms with Gasteiger partial charge in [-0.05, 0) is 37.1 Å². The Morgan fingerprint density at radius 1 is 0.724 bits per heavy atom. The highest BCUT2D eigenvalue weighted by Crippen LogP contribution is 2.30. The van der Waals surface area contributed by atoms with Crippen molar-refractivity contribution in [2.75, 3.05) is 12.4 Å². The first-order valence-electron chi connectivity index (χ1n) is 10.9. The summed E-state index contributed by atoms with van der Waals surface area (Å²) in [5.41, 5.74) is 0. The molecule has 29 heavy (non-hydrogen) atoms. The number of rotatable bonds is 19. The molecule has 0 aliphatic rings. The molecule has 1 aromatic rings. The van der Waals surface area contributed by atoms with E-state index in [1.807, 2.05) is 30.0 Å². The number of ether oxygens (including phenoxy) is 1. The number of carbonyl (C=O) groups is 2. The summed E-state index contributed by atoms with van der Waals surface area (Å²) in [5.74, 6) is 0.451. The van der Waals surface area contributed by atoms with E-state index >= 15 is 0 Å². The largest absolute Gasteiger partial charge is 0.492 e. The van der Waals surface area contributed by atoms with Crippen LogP contribution in [-0.2, 0) is 9.59 Å². The van der Waals surface area contributed by atoms with E-state index in [-0.39, 0.29) is 6.42 Å². The van der Waals surface area contributed by atoms with Crippen LogP contribution in [0.15, 0.2) is 29.2 Å². The van der Waals surface area contributed by atoms with E-state index in [1.54, 1.807) is 0 Å². The van der Waals surface area contributed by atoms with Crippen LogP contribution in [0.2, 0.25) is 0 Å². The van der Waals surface area contributed by atoms with Crippen molar-refractivity contribution in [2.45, 2.75) is 88.4 Å². The summed E-state index contributed by atoms with van der Waals surface area (Å²) in [6.45, 7) is 0.434. The van der Waals surface area contributed by atoms with Crippen LogP contribution < -0.4 is 4.74 Å². The predicted molar refractivity (Wildman–Crippen MR) is 118 cm³/mol. The summed E-state index contributed by atoms with van der Waals surface area (Å²) in [7, 11) is 0. The molecule has 0 saturated heterocycles. The molecule has 0 atom stereocenters. The van der Waals surface area contributed by atoms with Crippen LogP contribution in [0, 0.1) is 0 Å². The highest BCUT2D eigenvalue weighted by molar-refractivity contribution is 7.99. The van der Waals surface area contributed by atoms with Gasteiger partial charge < -0.3 is 14.9 Å². The Kier molecular flexibility index (Phi) is 15.0. The zero-order chi connectivity index (χ0) is 21.2. The smallest absolute Gasteiger partial charge is 0.303 e. The maximum Gasteiger partial charge on any atom is 0.303 e. The van der Waals surface area contributed by atoms with Gasteiger partial charge in [0.2, 0.25) is 0 Å². The standard InChI is InChI=1S/C23H36O5S/c24-22(25)16-9-7-5-3-1-2-4-6-8-12-19-29-21-15-11-10-14-20(21)28-18-13-17-23(26)27/h10-11,14-15H,1-9,12-13,16-19H2,(H,24,25)(H,26,27). The summed E-state index contributed by atoms with van der Waals surface area (Å²) in [4.78, 5) is 22.1. The Bertz CT molecular complexity index is 576. The number of hydrogen-bond donors (Lipinski definition) is 2. The third kappa shape index (κ3) is 14.9. The fraction of sp³-hybridized carbons (Fsp3) is 0.652. The van der Waals surface area contributed by atoms with E-state index in [9.17, 15) is 9.59 Å². The fourth-order valence-electron chi connectivity index (χ4n) is 3.07. The van der Waals surface area contributed by atoms with Crippen LogP contribution in [0.1, 0.15) is 83.5 Å². The molecule has 0 radical (unpaired) electrons. The molecular weight excluding hydrogens is 388 g/mol. The van der Waals surface area contributed by atoms with Gasteiger partial charge in [0, 0.05) is 17.7 Å². The summed E-state index contributed by atoms with van der Waals surface area (Å²) in [6, 6.07) is 7.97. The van der Waals surface area contributed by atoms with Gasteiger partial charge in [0.05, 0.1) is 6.61 Å². The average molecular weight is 425 g/mol.